The highest BCUT2D eigenvalue weighted by Crippen LogP contribution is 2.03. The summed E-state index contributed by atoms with van der Waals surface area (Å²) in [5.41, 5.74) is 1.17. The van der Waals surface area contributed by atoms with Gasteiger partial charge in [0.2, 0.25) is 0 Å². The minimum absolute atomic E-state index is 0.361. The Balaban J connectivity index is 2.42. The number of hydrogen-bond acceptors (Lipinski definition) is 1. The van der Waals surface area contributed by atoms with Crippen LogP contribution in [0.5, 0.6) is 0 Å². The molecule has 14 heavy (non-hydrogen) atoms. The maximum absolute atomic E-state index is 9.39. The molecule has 0 saturated carbocycles. The zero-order chi connectivity index (χ0) is 10.2. The molecule has 1 atom stereocenters. The average molecular weight is 188 g/mol. The SMILES string of the molecule is C/C=C/C(O)C/C=C/c1ccccc1. The number of benzene rings is 1. The van der Waals surface area contributed by atoms with Crippen molar-refractivity contribution in [3.05, 3.63) is 54.1 Å². The first-order valence-corrected chi connectivity index (χ1v) is 4.85. The van der Waals surface area contributed by atoms with Crippen LogP contribution in [0.15, 0.2) is 48.6 Å². The third kappa shape index (κ3) is 4.06. The van der Waals surface area contributed by atoms with Gasteiger partial charge in [0.1, 0.15) is 0 Å². The Morgan fingerprint density at radius 2 is 2.00 bits per heavy atom. The first-order valence-electron chi connectivity index (χ1n) is 4.85. The van der Waals surface area contributed by atoms with Gasteiger partial charge in [-0.25, -0.2) is 0 Å². The molecule has 0 heterocycles. The summed E-state index contributed by atoms with van der Waals surface area (Å²) in [7, 11) is 0. The minimum atomic E-state index is -0.361. The topological polar surface area (TPSA) is 20.2 Å². The second-order valence-electron chi connectivity index (χ2n) is 3.14. The van der Waals surface area contributed by atoms with E-state index in [2.05, 4.69) is 0 Å². The molecular formula is C13H16O. The summed E-state index contributed by atoms with van der Waals surface area (Å²) in [6.07, 6.45) is 7.96. The van der Waals surface area contributed by atoms with Crippen molar-refractivity contribution in [2.24, 2.45) is 0 Å². The van der Waals surface area contributed by atoms with Gasteiger partial charge in [-0.05, 0) is 18.9 Å². The summed E-state index contributed by atoms with van der Waals surface area (Å²) in [5, 5.41) is 9.39. The molecule has 0 radical (unpaired) electrons. The molecule has 0 fully saturated rings. The van der Waals surface area contributed by atoms with Crippen molar-refractivity contribution < 1.29 is 5.11 Å². The molecule has 0 amide bonds. The predicted octanol–water partition coefficient (Wildman–Crippen LogP) is 3.03. The lowest BCUT2D eigenvalue weighted by atomic mass is 10.1. The number of aliphatic hydroxyl groups is 1. The largest absolute Gasteiger partial charge is 0.389 e. The Kier molecular flexibility index (Phi) is 4.73. The third-order valence-electron chi connectivity index (χ3n) is 1.90. The van der Waals surface area contributed by atoms with E-state index in [0.717, 1.165) is 0 Å². The Hall–Kier alpha value is -1.34. The Labute approximate surface area is 85.4 Å². The molecule has 1 N–H and O–H groups in total. The van der Waals surface area contributed by atoms with E-state index in [0.29, 0.717) is 6.42 Å². The fraction of sp³-hybridized carbons (Fsp3) is 0.231. The maximum Gasteiger partial charge on any atom is 0.0755 e. The van der Waals surface area contributed by atoms with Crippen molar-refractivity contribution in [3.63, 3.8) is 0 Å². The van der Waals surface area contributed by atoms with E-state index in [-0.39, 0.29) is 6.10 Å². The molecule has 1 aromatic rings. The van der Waals surface area contributed by atoms with Crippen LogP contribution in [-0.4, -0.2) is 11.2 Å². The zero-order valence-electron chi connectivity index (χ0n) is 8.43. The Bertz CT molecular complexity index is 298. The Morgan fingerprint density at radius 1 is 1.29 bits per heavy atom. The normalized spacial score (nSPS) is 13.9. The monoisotopic (exact) mass is 188 g/mol. The number of hydrogen-bond donors (Lipinski definition) is 1. The molecule has 1 heteroatoms. The van der Waals surface area contributed by atoms with Crippen molar-refractivity contribution in [1.82, 2.24) is 0 Å². The van der Waals surface area contributed by atoms with E-state index >= 15 is 0 Å². The summed E-state index contributed by atoms with van der Waals surface area (Å²) in [5.74, 6) is 0. The van der Waals surface area contributed by atoms with Crippen molar-refractivity contribution in [2.75, 3.05) is 0 Å². The molecule has 0 bridgehead atoms. The maximum atomic E-state index is 9.39. The third-order valence-corrected chi connectivity index (χ3v) is 1.90. The lowest BCUT2D eigenvalue weighted by molar-refractivity contribution is 0.227. The van der Waals surface area contributed by atoms with E-state index in [1.165, 1.54) is 5.56 Å². The molecule has 0 aliphatic heterocycles. The van der Waals surface area contributed by atoms with Gasteiger partial charge in [0, 0.05) is 0 Å². The van der Waals surface area contributed by atoms with Crippen LogP contribution in [0.25, 0.3) is 6.08 Å². The molecule has 1 unspecified atom stereocenters. The quantitative estimate of drug-likeness (QED) is 0.720. The molecule has 1 nitrogen and oxygen atoms in total. The second-order valence-corrected chi connectivity index (χ2v) is 3.14. The van der Waals surface area contributed by atoms with Crippen LogP contribution < -0.4 is 0 Å². The van der Waals surface area contributed by atoms with Crippen molar-refractivity contribution in [1.29, 1.82) is 0 Å². The molecule has 74 valence electrons. The summed E-state index contributed by atoms with van der Waals surface area (Å²) in [6, 6.07) is 10.1. The first kappa shape index (κ1) is 10.7. The van der Waals surface area contributed by atoms with E-state index in [1.807, 2.05) is 55.5 Å². The summed E-state index contributed by atoms with van der Waals surface area (Å²) < 4.78 is 0. The molecule has 0 spiro atoms. The van der Waals surface area contributed by atoms with Gasteiger partial charge in [0.25, 0.3) is 0 Å². The summed E-state index contributed by atoms with van der Waals surface area (Å²) >= 11 is 0. The van der Waals surface area contributed by atoms with Gasteiger partial charge in [0.05, 0.1) is 6.10 Å². The van der Waals surface area contributed by atoms with Crippen LogP contribution in [0.4, 0.5) is 0 Å². The van der Waals surface area contributed by atoms with Gasteiger partial charge in [-0.2, -0.15) is 0 Å². The molecule has 0 saturated heterocycles. The molecule has 1 rings (SSSR count). The van der Waals surface area contributed by atoms with Crippen LogP contribution in [0, 0.1) is 0 Å². The lowest BCUT2D eigenvalue weighted by Gasteiger charge is -1.99. The minimum Gasteiger partial charge on any atom is -0.389 e. The van der Waals surface area contributed by atoms with Gasteiger partial charge in [-0.1, -0.05) is 54.6 Å². The van der Waals surface area contributed by atoms with Crippen molar-refractivity contribution in [2.45, 2.75) is 19.4 Å². The predicted molar refractivity (Wildman–Crippen MR) is 60.9 cm³/mol. The van der Waals surface area contributed by atoms with Crippen molar-refractivity contribution in [3.8, 4) is 0 Å². The van der Waals surface area contributed by atoms with Crippen LogP contribution >= 0.6 is 0 Å². The number of rotatable bonds is 4. The van der Waals surface area contributed by atoms with E-state index in [4.69, 9.17) is 0 Å². The second kappa shape index (κ2) is 6.17. The van der Waals surface area contributed by atoms with Gasteiger partial charge in [-0.15, -0.1) is 0 Å². The molecule has 0 aliphatic carbocycles. The average Bonchev–Trinajstić information content (AvgIpc) is 2.20. The van der Waals surface area contributed by atoms with Crippen LogP contribution in [0.3, 0.4) is 0 Å². The van der Waals surface area contributed by atoms with Gasteiger partial charge in [-0.3, -0.25) is 0 Å². The lowest BCUT2D eigenvalue weighted by Crippen LogP contribution is -1.98. The fourth-order valence-electron chi connectivity index (χ4n) is 1.21. The number of allylic oxidation sites excluding steroid dienone is 1. The van der Waals surface area contributed by atoms with Crippen LogP contribution in [0.2, 0.25) is 0 Å². The smallest absolute Gasteiger partial charge is 0.0755 e. The van der Waals surface area contributed by atoms with Crippen LogP contribution in [0.1, 0.15) is 18.9 Å². The van der Waals surface area contributed by atoms with Gasteiger partial charge in [0.15, 0.2) is 0 Å². The Morgan fingerprint density at radius 3 is 2.64 bits per heavy atom. The molecule has 0 aliphatic rings. The fourth-order valence-corrected chi connectivity index (χ4v) is 1.21. The van der Waals surface area contributed by atoms with E-state index in [9.17, 15) is 5.11 Å². The number of aliphatic hydroxyl groups excluding tert-OH is 1. The van der Waals surface area contributed by atoms with E-state index < -0.39 is 0 Å². The molecular weight excluding hydrogens is 172 g/mol. The van der Waals surface area contributed by atoms with E-state index in [1.54, 1.807) is 6.08 Å². The van der Waals surface area contributed by atoms with Crippen LogP contribution in [-0.2, 0) is 0 Å². The van der Waals surface area contributed by atoms with Gasteiger partial charge < -0.3 is 5.11 Å². The highest BCUT2D eigenvalue weighted by atomic mass is 16.3. The molecule has 0 aromatic heterocycles. The first-order chi connectivity index (χ1) is 6.83. The molecule has 1 aromatic carbocycles. The summed E-state index contributed by atoms with van der Waals surface area (Å²) in [6.45, 7) is 1.91. The summed E-state index contributed by atoms with van der Waals surface area (Å²) in [4.78, 5) is 0. The van der Waals surface area contributed by atoms with Crippen molar-refractivity contribution >= 4 is 6.08 Å². The zero-order valence-corrected chi connectivity index (χ0v) is 8.43. The van der Waals surface area contributed by atoms with Gasteiger partial charge >= 0.3 is 0 Å². The standard InChI is InChI=1S/C13H16O/c1-2-7-13(14)11-6-10-12-8-4-3-5-9-12/h2-10,13-14H,11H2,1H3/b7-2+,10-6+. The highest BCUT2D eigenvalue weighted by Gasteiger charge is 1.92. The highest BCUT2D eigenvalue weighted by molar-refractivity contribution is 5.48.